The van der Waals surface area contributed by atoms with E-state index in [0.29, 0.717) is 18.7 Å². The number of nitrogens with one attached hydrogen (secondary N) is 1. The Morgan fingerprint density at radius 2 is 1.31 bits per heavy atom. The molecule has 0 spiro atoms. The van der Waals surface area contributed by atoms with Gasteiger partial charge < -0.3 is 15.2 Å². The van der Waals surface area contributed by atoms with Crippen LogP contribution in [0.3, 0.4) is 0 Å². The lowest BCUT2D eigenvalue weighted by molar-refractivity contribution is -0.162. The first kappa shape index (κ1) is 37.6. The maximum atomic E-state index is 13.1. The fourth-order valence-corrected chi connectivity index (χ4v) is 6.83. The van der Waals surface area contributed by atoms with Crippen molar-refractivity contribution < 1.29 is 19.4 Å². The first-order valence-corrected chi connectivity index (χ1v) is 16.0. The molecule has 0 aliphatic rings. The van der Waals surface area contributed by atoms with E-state index in [0.717, 1.165) is 70.6 Å². The lowest BCUT2D eigenvalue weighted by Gasteiger charge is -2.53. The monoisotopic (exact) mass is 551 g/mol. The Morgan fingerprint density at radius 3 is 1.67 bits per heavy atom. The van der Waals surface area contributed by atoms with Crippen LogP contribution in [0, 0.1) is 27.6 Å². The third-order valence-corrected chi connectivity index (χ3v) is 11.1. The van der Waals surface area contributed by atoms with Gasteiger partial charge in [-0.05, 0) is 86.4 Å². The maximum absolute atomic E-state index is 13.1. The molecule has 0 aromatic heterocycles. The van der Waals surface area contributed by atoms with Gasteiger partial charge in [0.05, 0.1) is 12.0 Å². The highest BCUT2D eigenvalue weighted by Gasteiger charge is 2.54. The highest BCUT2D eigenvalue weighted by Crippen LogP contribution is 2.57. The minimum Gasteiger partial charge on any atom is -0.481 e. The van der Waals surface area contributed by atoms with Gasteiger partial charge in [-0.3, -0.25) is 9.59 Å². The Balaban J connectivity index is 6.55. The van der Waals surface area contributed by atoms with E-state index in [1.807, 2.05) is 0 Å². The summed E-state index contributed by atoms with van der Waals surface area (Å²) >= 11 is 0. The Bertz CT molecular complexity index is 742. The predicted molar refractivity (Wildman–Crippen MR) is 166 cm³/mol. The van der Waals surface area contributed by atoms with Crippen LogP contribution in [0.4, 0.5) is 0 Å². The van der Waals surface area contributed by atoms with Crippen molar-refractivity contribution in [3.63, 3.8) is 0 Å². The lowest BCUT2D eigenvalue weighted by atomic mass is 9.52. The van der Waals surface area contributed by atoms with Crippen molar-refractivity contribution in [2.45, 2.75) is 153 Å². The third kappa shape index (κ3) is 9.61. The Morgan fingerprint density at radius 1 is 0.821 bits per heavy atom. The lowest BCUT2D eigenvalue weighted by Crippen LogP contribution is -2.51. The van der Waals surface area contributed by atoms with Gasteiger partial charge in [0.1, 0.15) is 0 Å². The first-order valence-electron chi connectivity index (χ1n) is 16.0. The van der Waals surface area contributed by atoms with E-state index >= 15 is 0 Å². The highest BCUT2D eigenvalue weighted by molar-refractivity contribution is 5.92. The summed E-state index contributed by atoms with van der Waals surface area (Å²) in [5.41, 5.74) is -0.0342. The summed E-state index contributed by atoms with van der Waals surface area (Å²) in [6.07, 6.45) is 10.0. The molecule has 0 aliphatic heterocycles. The molecule has 2 unspecified atom stereocenters. The average molecular weight is 552 g/mol. The molecule has 0 fully saturated rings. The largest absolute Gasteiger partial charge is 0.481 e. The van der Waals surface area contributed by atoms with E-state index in [9.17, 15) is 14.7 Å². The number of carboxylic acids is 1. The summed E-state index contributed by atoms with van der Waals surface area (Å²) < 4.78 is 6.82. The molecule has 2 atom stereocenters. The molecule has 0 saturated carbocycles. The zero-order valence-corrected chi connectivity index (χ0v) is 27.7. The van der Waals surface area contributed by atoms with E-state index in [2.05, 4.69) is 81.1 Å². The molecule has 39 heavy (non-hydrogen) atoms. The number of carbonyl (C=O) groups excluding carboxylic acids is 1. The summed E-state index contributed by atoms with van der Waals surface area (Å²) in [6, 6.07) is 0. The van der Waals surface area contributed by atoms with Gasteiger partial charge in [0, 0.05) is 18.7 Å². The van der Waals surface area contributed by atoms with Gasteiger partial charge in [0.15, 0.2) is 0 Å². The number of carboxylic acid groups (broad SMARTS) is 1. The van der Waals surface area contributed by atoms with Crippen LogP contribution in [0.1, 0.15) is 147 Å². The fourth-order valence-electron chi connectivity index (χ4n) is 6.83. The van der Waals surface area contributed by atoms with Gasteiger partial charge in [-0.1, -0.05) is 88.7 Å². The number of hydrogen-bond acceptors (Lipinski definition) is 3. The second-order valence-electron chi connectivity index (χ2n) is 12.9. The number of amides is 1. The van der Waals surface area contributed by atoms with Gasteiger partial charge in [0.25, 0.3) is 0 Å². The molecule has 0 heterocycles. The van der Waals surface area contributed by atoms with Gasteiger partial charge in [-0.15, -0.1) is 0 Å². The molecular formula is C34H65NO4. The number of rotatable bonds is 22. The van der Waals surface area contributed by atoms with Gasteiger partial charge in [-0.25, -0.2) is 0 Å². The molecule has 0 aromatic rings. The van der Waals surface area contributed by atoms with Crippen molar-refractivity contribution in [1.29, 1.82) is 0 Å². The predicted octanol–water partition coefficient (Wildman–Crippen LogP) is 9.20. The third-order valence-electron chi connectivity index (χ3n) is 11.1. The van der Waals surface area contributed by atoms with Crippen LogP contribution < -0.4 is 5.32 Å². The summed E-state index contributed by atoms with van der Waals surface area (Å²) in [5, 5.41) is 13.6. The number of carbonyl (C=O) groups is 2. The van der Waals surface area contributed by atoms with E-state index in [4.69, 9.17) is 4.74 Å². The van der Waals surface area contributed by atoms with Crippen molar-refractivity contribution in [2.75, 3.05) is 13.2 Å². The van der Waals surface area contributed by atoms with Gasteiger partial charge in [-0.2, -0.15) is 0 Å². The smallest absolute Gasteiger partial charge is 0.307 e. The van der Waals surface area contributed by atoms with Gasteiger partial charge in [0.2, 0.25) is 5.91 Å². The van der Waals surface area contributed by atoms with Crippen molar-refractivity contribution in [3.8, 4) is 0 Å². The second kappa shape index (κ2) is 16.8. The Kier molecular flexibility index (Phi) is 16.2. The zero-order valence-electron chi connectivity index (χ0n) is 27.7. The summed E-state index contributed by atoms with van der Waals surface area (Å²) in [6.45, 7) is 28.9. The van der Waals surface area contributed by atoms with E-state index in [1.165, 1.54) is 0 Å². The van der Waals surface area contributed by atoms with Crippen LogP contribution in [-0.2, 0) is 14.3 Å². The van der Waals surface area contributed by atoms with E-state index < -0.39 is 11.9 Å². The SMILES string of the molecule is C=C(C)C(=O)NCCCOC(CC(C)(CC)CC)C(CC)(CC)CC(CC)(CC)C(C(=O)O)C(C)(CC)CC. The molecule has 0 rings (SSSR count). The normalized spacial score (nSPS) is 14.6. The Hall–Kier alpha value is -1.36. The van der Waals surface area contributed by atoms with Crippen LogP contribution in [0.2, 0.25) is 0 Å². The molecule has 2 N–H and O–H groups in total. The molecule has 0 aromatic carbocycles. The summed E-state index contributed by atoms with van der Waals surface area (Å²) in [7, 11) is 0. The quantitative estimate of drug-likeness (QED) is 0.104. The molecule has 0 bridgehead atoms. The zero-order chi connectivity index (χ0) is 30.5. The molecule has 0 radical (unpaired) electrons. The molecule has 0 saturated heterocycles. The van der Waals surface area contributed by atoms with E-state index in [-0.39, 0.29) is 33.7 Å². The second-order valence-corrected chi connectivity index (χ2v) is 12.9. The average Bonchev–Trinajstić information content (AvgIpc) is 2.93. The number of ether oxygens (including phenoxy) is 1. The van der Waals surface area contributed by atoms with Gasteiger partial charge >= 0.3 is 5.97 Å². The van der Waals surface area contributed by atoms with Crippen molar-refractivity contribution >= 4 is 11.9 Å². The Labute approximate surface area is 242 Å². The van der Waals surface area contributed by atoms with Crippen molar-refractivity contribution in [1.82, 2.24) is 5.32 Å². The standard InChI is InChI=1S/C34H65NO4/c1-13-31(11,14-2)24-27(39-23-21-22-35-29(36)26(9)10)33(17-5,18-6)25-34(19-7,20-8)28(30(37)38)32(12,15-3)16-4/h27-28H,9,13-25H2,1-8,10-12H3,(H,35,36)(H,37,38). The van der Waals surface area contributed by atoms with Crippen LogP contribution in [0.25, 0.3) is 0 Å². The van der Waals surface area contributed by atoms with E-state index in [1.54, 1.807) is 6.92 Å². The highest BCUT2D eigenvalue weighted by atomic mass is 16.5. The fraction of sp³-hybridized carbons (Fsp3) is 0.882. The molecular weight excluding hydrogens is 486 g/mol. The molecule has 0 aliphatic carbocycles. The topological polar surface area (TPSA) is 75.6 Å². The van der Waals surface area contributed by atoms with Crippen molar-refractivity contribution in [2.24, 2.45) is 27.6 Å². The summed E-state index contributed by atoms with van der Waals surface area (Å²) in [5.74, 6) is -1.17. The van der Waals surface area contributed by atoms with Crippen LogP contribution >= 0.6 is 0 Å². The molecule has 1 amide bonds. The van der Waals surface area contributed by atoms with Crippen LogP contribution in [0.15, 0.2) is 12.2 Å². The summed E-state index contributed by atoms with van der Waals surface area (Å²) in [4.78, 5) is 25.0. The first-order chi connectivity index (χ1) is 18.2. The maximum Gasteiger partial charge on any atom is 0.307 e. The molecule has 5 heteroatoms. The minimum atomic E-state index is -0.649. The minimum absolute atomic E-state index is 0.0238. The number of hydrogen-bond donors (Lipinski definition) is 2. The van der Waals surface area contributed by atoms with Crippen LogP contribution in [0.5, 0.6) is 0 Å². The number of aliphatic carboxylic acids is 1. The molecule has 230 valence electrons. The van der Waals surface area contributed by atoms with Crippen molar-refractivity contribution in [3.05, 3.63) is 12.2 Å². The van der Waals surface area contributed by atoms with Crippen LogP contribution in [-0.4, -0.2) is 36.2 Å². The molecule has 5 nitrogen and oxygen atoms in total.